The van der Waals surface area contributed by atoms with Crippen molar-refractivity contribution >= 4 is 11.5 Å². The van der Waals surface area contributed by atoms with Crippen LogP contribution >= 0.6 is 0 Å². The molecule has 3 N–H and O–H groups in total. The summed E-state index contributed by atoms with van der Waals surface area (Å²) >= 11 is 0. The fourth-order valence-corrected chi connectivity index (χ4v) is 1.99. The average Bonchev–Trinajstić information content (AvgIpc) is 2.97. The highest BCUT2D eigenvalue weighted by Gasteiger charge is 2.01. The van der Waals surface area contributed by atoms with Crippen LogP contribution in [0.15, 0.2) is 66.9 Å². The van der Waals surface area contributed by atoms with Gasteiger partial charge in [-0.05, 0) is 29.8 Å². The van der Waals surface area contributed by atoms with E-state index in [0.717, 1.165) is 22.8 Å². The molecular weight excluding hydrogens is 248 g/mol. The molecule has 0 aliphatic rings. The molecule has 0 unspecified atom stereocenters. The lowest BCUT2D eigenvalue weighted by atomic mass is 10.2. The molecule has 3 rings (SSSR count). The summed E-state index contributed by atoms with van der Waals surface area (Å²) in [7, 11) is 0. The molecule has 0 radical (unpaired) electrons. The minimum absolute atomic E-state index is 0.558. The number of nitrogens with zero attached hydrogens (tertiary/aromatic N) is 2. The zero-order chi connectivity index (χ0) is 13.8. The Morgan fingerprint density at radius 2 is 1.70 bits per heavy atom. The highest BCUT2D eigenvalue weighted by molar-refractivity contribution is 5.56. The third-order valence-electron chi connectivity index (χ3n) is 3.07. The summed E-state index contributed by atoms with van der Waals surface area (Å²) in [4.78, 5) is 0. The molecule has 100 valence electrons. The predicted molar refractivity (Wildman–Crippen MR) is 81.2 cm³/mol. The molecule has 3 aromatic rings. The van der Waals surface area contributed by atoms with Gasteiger partial charge in [0.25, 0.3) is 0 Å². The third kappa shape index (κ3) is 2.70. The van der Waals surface area contributed by atoms with E-state index in [1.165, 1.54) is 0 Å². The fourth-order valence-electron chi connectivity index (χ4n) is 1.99. The van der Waals surface area contributed by atoms with Gasteiger partial charge in [-0.1, -0.05) is 30.3 Å². The first-order chi connectivity index (χ1) is 9.85. The van der Waals surface area contributed by atoms with Gasteiger partial charge in [0.15, 0.2) is 5.82 Å². The van der Waals surface area contributed by atoms with Crippen LogP contribution in [0.2, 0.25) is 0 Å². The Bertz CT molecular complexity index is 671. The van der Waals surface area contributed by atoms with Crippen LogP contribution in [-0.2, 0) is 6.54 Å². The van der Waals surface area contributed by atoms with E-state index in [2.05, 4.69) is 10.4 Å². The van der Waals surface area contributed by atoms with Crippen molar-refractivity contribution in [3.05, 3.63) is 72.4 Å². The van der Waals surface area contributed by atoms with E-state index < -0.39 is 0 Å². The molecule has 0 aliphatic heterocycles. The van der Waals surface area contributed by atoms with Gasteiger partial charge >= 0.3 is 0 Å². The van der Waals surface area contributed by atoms with E-state index >= 15 is 0 Å². The summed E-state index contributed by atoms with van der Waals surface area (Å²) in [6.07, 6.45) is 1.94. The maximum atomic E-state index is 5.58. The summed E-state index contributed by atoms with van der Waals surface area (Å²) in [5, 5.41) is 7.77. The number of benzene rings is 2. The van der Waals surface area contributed by atoms with Crippen LogP contribution in [0.25, 0.3) is 5.69 Å². The van der Waals surface area contributed by atoms with Crippen molar-refractivity contribution in [3.8, 4) is 5.69 Å². The van der Waals surface area contributed by atoms with Crippen LogP contribution in [-0.4, -0.2) is 9.78 Å². The van der Waals surface area contributed by atoms with E-state index in [9.17, 15) is 0 Å². The maximum Gasteiger partial charge on any atom is 0.152 e. The van der Waals surface area contributed by atoms with Crippen molar-refractivity contribution in [2.75, 3.05) is 5.32 Å². The van der Waals surface area contributed by atoms with Crippen LogP contribution in [0.5, 0.6) is 0 Å². The van der Waals surface area contributed by atoms with Crippen LogP contribution in [0.3, 0.4) is 0 Å². The van der Waals surface area contributed by atoms with Gasteiger partial charge in [0.1, 0.15) is 0 Å². The first kappa shape index (κ1) is 12.4. The number of anilines is 2. The molecule has 0 bridgehead atoms. The van der Waals surface area contributed by atoms with Gasteiger partial charge in [0, 0.05) is 24.5 Å². The molecule has 0 saturated heterocycles. The van der Waals surface area contributed by atoms with Gasteiger partial charge in [-0.3, -0.25) is 0 Å². The quantitative estimate of drug-likeness (QED) is 0.761. The van der Waals surface area contributed by atoms with Gasteiger partial charge in [0.2, 0.25) is 0 Å². The maximum absolute atomic E-state index is 5.58. The van der Waals surface area contributed by atoms with E-state index in [0.29, 0.717) is 6.54 Å². The summed E-state index contributed by atoms with van der Waals surface area (Å²) in [5.74, 6) is 0.814. The zero-order valence-corrected chi connectivity index (χ0v) is 11.0. The molecular formula is C16H16N4. The second kappa shape index (κ2) is 5.59. The largest absolute Gasteiger partial charge is 0.339 e. The SMILES string of the molecule is NCc1ccc(Nc2ccn(-c3ccccc3)n2)cc1. The van der Waals surface area contributed by atoms with E-state index in [1.807, 2.05) is 71.5 Å². The molecule has 1 heterocycles. The lowest BCUT2D eigenvalue weighted by Crippen LogP contribution is -1.98. The molecule has 0 spiro atoms. The van der Waals surface area contributed by atoms with Crippen molar-refractivity contribution < 1.29 is 0 Å². The molecule has 0 aliphatic carbocycles. The zero-order valence-electron chi connectivity index (χ0n) is 11.0. The number of rotatable bonds is 4. The van der Waals surface area contributed by atoms with Crippen molar-refractivity contribution in [1.29, 1.82) is 0 Å². The molecule has 0 amide bonds. The molecule has 0 saturated carbocycles. The van der Waals surface area contributed by atoms with Gasteiger partial charge in [-0.25, -0.2) is 4.68 Å². The van der Waals surface area contributed by atoms with E-state index in [4.69, 9.17) is 5.73 Å². The Hall–Kier alpha value is -2.59. The second-order valence-electron chi connectivity index (χ2n) is 4.51. The third-order valence-corrected chi connectivity index (χ3v) is 3.07. The Morgan fingerprint density at radius 1 is 0.950 bits per heavy atom. The molecule has 4 heteroatoms. The van der Waals surface area contributed by atoms with Crippen molar-refractivity contribution in [2.45, 2.75) is 6.54 Å². The second-order valence-corrected chi connectivity index (χ2v) is 4.51. The normalized spacial score (nSPS) is 10.4. The predicted octanol–water partition coefficient (Wildman–Crippen LogP) is 3.07. The Labute approximate surface area is 117 Å². The van der Waals surface area contributed by atoms with Gasteiger partial charge < -0.3 is 11.1 Å². The average molecular weight is 264 g/mol. The fraction of sp³-hybridized carbons (Fsp3) is 0.0625. The molecule has 0 atom stereocenters. The number of nitrogens with one attached hydrogen (secondary N) is 1. The first-order valence-electron chi connectivity index (χ1n) is 6.52. The minimum atomic E-state index is 0.558. The summed E-state index contributed by atoms with van der Waals surface area (Å²) in [6, 6.07) is 20.0. The van der Waals surface area contributed by atoms with Crippen molar-refractivity contribution in [3.63, 3.8) is 0 Å². The molecule has 2 aromatic carbocycles. The van der Waals surface area contributed by atoms with Gasteiger partial charge in [0.05, 0.1) is 5.69 Å². The molecule has 1 aromatic heterocycles. The van der Waals surface area contributed by atoms with Crippen molar-refractivity contribution in [1.82, 2.24) is 9.78 Å². The van der Waals surface area contributed by atoms with E-state index in [1.54, 1.807) is 0 Å². The van der Waals surface area contributed by atoms with Crippen LogP contribution < -0.4 is 11.1 Å². The topological polar surface area (TPSA) is 55.9 Å². The number of aromatic nitrogens is 2. The number of para-hydroxylation sites is 1. The Balaban J connectivity index is 1.77. The standard InChI is InChI=1S/C16H16N4/c17-12-13-6-8-14(9-7-13)18-16-10-11-20(19-16)15-4-2-1-3-5-15/h1-11H,12,17H2,(H,18,19). The Kier molecular flexibility index (Phi) is 3.48. The number of hydrogen-bond acceptors (Lipinski definition) is 3. The summed E-state index contributed by atoms with van der Waals surface area (Å²) < 4.78 is 1.84. The van der Waals surface area contributed by atoms with E-state index in [-0.39, 0.29) is 0 Å². The minimum Gasteiger partial charge on any atom is -0.339 e. The van der Waals surface area contributed by atoms with Gasteiger partial charge in [-0.15, -0.1) is 0 Å². The molecule has 4 nitrogen and oxygen atoms in total. The lowest BCUT2D eigenvalue weighted by molar-refractivity contribution is 0.884. The molecule has 0 fully saturated rings. The van der Waals surface area contributed by atoms with Crippen LogP contribution in [0.4, 0.5) is 11.5 Å². The lowest BCUT2D eigenvalue weighted by Gasteiger charge is -2.04. The Morgan fingerprint density at radius 3 is 2.40 bits per heavy atom. The van der Waals surface area contributed by atoms with Crippen LogP contribution in [0, 0.1) is 0 Å². The van der Waals surface area contributed by atoms with Crippen LogP contribution in [0.1, 0.15) is 5.56 Å². The highest BCUT2D eigenvalue weighted by Crippen LogP contribution is 2.16. The summed E-state index contributed by atoms with van der Waals surface area (Å²) in [5.41, 5.74) is 8.74. The highest BCUT2D eigenvalue weighted by atomic mass is 15.3. The van der Waals surface area contributed by atoms with Crippen molar-refractivity contribution in [2.24, 2.45) is 5.73 Å². The first-order valence-corrected chi connectivity index (χ1v) is 6.52. The monoisotopic (exact) mass is 264 g/mol. The summed E-state index contributed by atoms with van der Waals surface area (Å²) in [6.45, 7) is 0.558. The number of nitrogens with two attached hydrogens (primary N) is 1. The van der Waals surface area contributed by atoms with Gasteiger partial charge in [-0.2, -0.15) is 5.10 Å². The molecule has 20 heavy (non-hydrogen) atoms. The number of hydrogen-bond donors (Lipinski definition) is 2. The smallest absolute Gasteiger partial charge is 0.152 e.